The molecule has 1 aromatic carbocycles. The fourth-order valence-electron chi connectivity index (χ4n) is 2.06. The van der Waals surface area contributed by atoms with Gasteiger partial charge in [0, 0.05) is 25.1 Å². The molecular formula is C15H25B2NO4. The van der Waals surface area contributed by atoms with Crippen LogP contribution in [0.1, 0.15) is 38.2 Å². The van der Waals surface area contributed by atoms with Gasteiger partial charge in [0.2, 0.25) is 0 Å². The van der Waals surface area contributed by atoms with Crippen LogP contribution >= 0.6 is 0 Å². The van der Waals surface area contributed by atoms with Crippen molar-refractivity contribution < 1.29 is 19.0 Å². The third-order valence-electron chi connectivity index (χ3n) is 3.15. The molecular weight excluding hydrogens is 280 g/mol. The maximum atomic E-state index is 11.9. The van der Waals surface area contributed by atoms with Crippen LogP contribution in [0, 0.1) is 0 Å². The molecule has 0 radical (unpaired) electrons. The molecule has 0 saturated carbocycles. The van der Waals surface area contributed by atoms with E-state index >= 15 is 0 Å². The molecule has 0 bridgehead atoms. The zero-order valence-electron chi connectivity index (χ0n) is 14.5. The molecule has 1 rings (SSSR count). The second-order valence-electron chi connectivity index (χ2n) is 6.68. The summed E-state index contributed by atoms with van der Waals surface area (Å²) in [7, 11) is 7.04. The molecule has 7 heteroatoms. The quantitative estimate of drug-likeness (QED) is 0.648. The van der Waals surface area contributed by atoms with Gasteiger partial charge < -0.3 is 19.5 Å². The minimum absolute atomic E-state index is 0.393. The van der Waals surface area contributed by atoms with Gasteiger partial charge in [0.25, 0.3) is 0 Å². The molecule has 1 aromatic rings. The van der Waals surface area contributed by atoms with Gasteiger partial charge in [-0.3, -0.25) is 0 Å². The minimum Gasteiger partial charge on any atom is -0.444 e. The summed E-state index contributed by atoms with van der Waals surface area (Å²) in [6.07, 6.45) is -0.829. The highest BCUT2D eigenvalue weighted by atomic mass is 16.7. The van der Waals surface area contributed by atoms with Crippen molar-refractivity contribution in [3.63, 3.8) is 0 Å². The van der Waals surface area contributed by atoms with Crippen LogP contribution in [0.5, 0.6) is 0 Å². The molecule has 5 nitrogen and oxygen atoms in total. The highest BCUT2D eigenvalue weighted by Gasteiger charge is 2.26. The van der Waals surface area contributed by atoms with Gasteiger partial charge in [0.15, 0.2) is 6.29 Å². The fraction of sp³-hybridized carbons (Fsp3) is 0.533. The van der Waals surface area contributed by atoms with Gasteiger partial charge in [-0.25, -0.2) is 4.79 Å². The molecule has 1 N–H and O–H groups in total. The maximum absolute atomic E-state index is 11.9. The average Bonchev–Trinajstić information content (AvgIpc) is 2.37. The highest BCUT2D eigenvalue weighted by Crippen LogP contribution is 2.21. The molecule has 0 aromatic heterocycles. The van der Waals surface area contributed by atoms with E-state index in [9.17, 15) is 4.79 Å². The molecule has 120 valence electrons. The van der Waals surface area contributed by atoms with Gasteiger partial charge in [-0.2, -0.15) is 0 Å². The lowest BCUT2D eigenvalue weighted by Crippen LogP contribution is -2.48. The van der Waals surface area contributed by atoms with Crippen molar-refractivity contribution in [2.45, 2.75) is 38.0 Å². The molecule has 0 atom stereocenters. The zero-order chi connectivity index (χ0) is 17.0. The maximum Gasteiger partial charge on any atom is 0.407 e. The third kappa shape index (κ3) is 5.39. The standard InChI is InChI=1S/C15H25B2NO4/c1-14(2,3)22-13(19)18-15(16,17)11-8-6-10(7-9-11)12(20-4)21-5/h6-9,12H,16-17H2,1-5H3,(H,18,19). The normalized spacial score (nSPS) is 12.3. The Labute approximate surface area is 134 Å². The van der Waals surface area contributed by atoms with Gasteiger partial charge in [0.05, 0.1) is 0 Å². The first-order valence-corrected chi connectivity index (χ1v) is 7.26. The number of amides is 1. The number of hydrogen-bond acceptors (Lipinski definition) is 4. The average molecular weight is 305 g/mol. The topological polar surface area (TPSA) is 56.8 Å². The molecule has 0 aliphatic rings. The van der Waals surface area contributed by atoms with E-state index in [1.807, 2.05) is 60.7 Å². The van der Waals surface area contributed by atoms with E-state index in [1.165, 1.54) is 0 Å². The van der Waals surface area contributed by atoms with Crippen LogP contribution in [0.3, 0.4) is 0 Å². The van der Waals surface area contributed by atoms with Crippen LogP contribution in [0.2, 0.25) is 0 Å². The molecule has 0 unspecified atom stereocenters. The SMILES string of the molecule is BC(B)(NC(=O)OC(C)(C)C)c1ccc(C(OC)OC)cc1. The Bertz CT molecular complexity index is 493. The Morgan fingerprint density at radius 2 is 1.59 bits per heavy atom. The Kier molecular flexibility index (Phi) is 6.08. The van der Waals surface area contributed by atoms with Crippen molar-refractivity contribution in [3.8, 4) is 0 Å². The van der Waals surface area contributed by atoms with Gasteiger partial charge in [-0.05, 0) is 26.3 Å². The van der Waals surface area contributed by atoms with Gasteiger partial charge in [-0.1, -0.05) is 24.3 Å². The number of ether oxygens (including phenoxy) is 3. The van der Waals surface area contributed by atoms with Crippen molar-refractivity contribution in [1.29, 1.82) is 0 Å². The first-order valence-electron chi connectivity index (χ1n) is 7.26. The van der Waals surface area contributed by atoms with Crippen molar-refractivity contribution >= 4 is 21.8 Å². The van der Waals surface area contributed by atoms with E-state index < -0.39 is 23.3 Å². The summed E-state index contributed by atoms with van der Waals surface area (Å²) < 4.78 is 15.7. The van der Waals surface area contributed by atoms with E-state index in [-0.39, 0.29) is 0 Å². The van der Waals surface area contributed by atoms with Gasteiger partial charge >= 0.3 is 6.09 Å². The first kappa shape index (κ1) is 18.6. The Morgan fingerprint density at radius 3 is 2.00 bits per heavy atom. The summed E-state index contributed by atoms with van der Waals surface area (Å²) >= 11 is 0. The molecule has 0 aliphatic heterocycles. The predicted molar refractivity (Wildman–Crippen MR) is 91.3 cm³/mol. The van der Waals surface area contributed by atoms with Gasteiger partial charge in [-0.15, -0.1) is 0 Å². The largest absolute Gasteiger partial charge is 0.444 e. The van der Waals surface area contributed by atoms with Crippen LogP contribution < -0.4 is 5.32 Å². The molecule has 0 fully saturated rings. The smallest absolute Gasteiger partial charge is 0.407 e. The van der Waals surface area contributed by atoms with Crippen LogP contribution in [-0.2, 0) is 19.5 Å². The highest BCUT2D eigenvalue weighted by molar-refractivity contribution is 6.40. The number of rotatable bonds is 5. The second-order valence-corrected chi connectivity index (χ2v) is 6.68. The summed E-state index contributed by atoms with van der Waals surface area (Å²) in [4.78, 5) is 11.9. The van der Waals surface area contributed by atoms with E-state index in [2.05, 4.69) is 5.32 Å². The summed E-state index contributed by atoms with van der Waals surface area (Å²) in [6, 6.07) is 7.73. The molecule has 0 saturated heterocycles. The predicted octanol–water partition coefficient (Wildman–Crippen LogP) is 0.879. The minimum atomic E-state index is -0.545. The molecule has 22 heavy (non-hydrogen) atoms. The van der Waals surface area contributed by atoms with Crippen LogP contribution in [0.15, 0.2) is 24.3 Å². The van der Waals surface area contributed by atoms with Crippen LogP contribution in [0.25, 0.3) is 0 Å². The van der Waals surface area contributed by atoms with E-state index in [1.54, 1.807) is 14.2 Å². The summed E-state index contributed by atoms with van der Waals surface area (Å²) in [6.45, 7) is 5.51. The van der Waals surface area contributed by atoms with Gasteiger partial charge in [0.1, 0.15) is 21.3 Å². The van der Waals surface area contributed by atoms with Crippen molar-refractivity contribution in [3.05, 3.63) is 35.4 Å². The molecule has 0 aliphatic carbocycles. The summed E-state index contributed by atoms with van der Waals surface area (Å²) in [5, 5.41) is 2.34. The van der Waals surface area contributed by atoms with Crippen molar-refractivity contribution in [1.82, 2.24) is 5.32 Å². The van der Waals surface area contributed by atoms with Crippen LogP contribution in [0.4, 0.5) is 4.79 Å². The lowest BCUT2D eigenvalue weighted by Gasteiger charge is -2.29. The number of nitrogens with one attached hydrogen (secondary N) is 1. The number of benzene rings is 1. The number of alkyl carbamates (subject to hydrolysis) is 1. The van der Waals surface area contributed by atoms with Crippen LogP contribution in [-0.4, -0.2) is 41.6 Å². The Hall–Kier alpha value is -1.46. The monoisotopic (exact) mass is 305 g/mol. The number of carbonyl (C=O) groups excluding carboxylic acids is 1. The third-order valence-corrected chi connectivity index (χ3v) is 3.15. The lowest BCUT2D eigenvalue weighted by atomic mass is 9.58. The second kappa shape index (κ2) is 7.20. The van der Waals surface area contributed by atoms with E-state index in [0.717, 1.165) is 11.1 Å². The molecule has 0 spiro atoms. The number of carbonyl (C=O) groups is 1. The van der Waals surface area contributed by atoms with E-state index in [0.29, 0.717) is 0 Å². The summed E-state index contributed by atoms with van der Waals surface area (Å²) in [5.41, 5.74) is 1.36. The Morgan fingerprint density at radius 1 is 1.09 bits per heavy atom. The number of hydrogen-bond donors (Lipinski definition) is 1. The first-order chi connectivity index (χ1) is 10.1. The summed E-state index contributed by atoms with van der Waals surface area (Å²) in [5.74, 6) is 0. The lowest BCUT2D eigenvalue weighted by molar-refractivity contribution is -0.106. The number of methoxy groups -OCH3 is 2. The fourth-order valence-corrected chi connectivity index (χ4v) is 2.06. The zero-order valence-corrected chi connectivity index (χ0v) is 14.5. The Balaban J connectivity index is 2.83. The van der Waals surface area contributed by atoms with E-state index in [4.69, 9.17) is 14.2 Å². The van der Waals surface area contributed by atoms with Crippen molar-refractivity contribution in [2.75, 3.05) is 14.2 Å². The van der Waals surface area contributed by atoms with Crippen molar-refractivity contribution in [2.24, 2.45) is 0 Å². The molecule has 0 heterocycles. The molecule has 1 amide bonds.